The summed E-state index contributed by atoms with van der Waals surface area (Å²) < 4.78 is 5.25. The molecule has 0 saturated heterocycles. The molecular formula is C12H16O2S. The number of ether oxygens (including phenoxy) is 1. The summed E-state index contributed by atoms with van der Waals surface area (Å²) in [6.45, 7) is 7.47. The van der Waals surface area contributed by atoms with Gasteiger partial charge in [-0.1, -0.05) is 0 Å². The van der Waals surface area contributed by atoms with Gasteiger partial charge in [0.25, 0.3) is 0 Å². The molecule has 0 amide bonds. The minimum atomic E-state index is -0.454. The third-order valence-corrected chi connectivity index (χ3v) is 2.33. The molecule has 1 rings (SSSR count). The van der Waals surface area contributed by atoms with Crippen LogP contribution in [-0.4, -0.2) is 11.6 Å². The monoisotopic (exact) mass is 224 g/mol. The van der Waals surface area contributed by atoms with Crippen LogP contribution >= 0.6 is 12.6 Å². The number of carbonyl (C=O) groups is 1. The topological polar surface area (TPSA) is 26.3 Å². The highest BCUT2D eigenvalue weighted by Crippen LogP contribution is 2.17. The van der Waals surface area contributed by atoms with E-state index in [1.807, 2.05) is 27.7 Å². The molecular weight excluding hydrogens is 208 g/mol. The van der Waals surface area contributed by atoms with Crippen LogP contribution in [0.4, 0.5) is 0 Å². The number of esters is 1. The quantitative estimate of drug-likeness (QED) is 0.585. The number of hydrogen-bond acceptors (Lipinski definition) is 3. The Morgan fingerprint density at radius 1 is 1.33 bits per heavy atom. The van der Waals surface area contributed by atoms with Crippen LogP contribution in [0.5, 0.6) is 0 Å². The zero-order chi connectivity index (χ0) is 11.6. The van der Waals surface area contributed by atoms with Crippen LogP contribution in [0.1, 0.15) is 36.7 Å². The fourth-order valence-corrected chi connectivity index (χ4v) is 1.26. The summed E-state index contributed by atoms with van der Waals surface area (Å²) in [5, 5.41) is 0. The molecule has 82 valence electrons. The summed E-state index contributed by atoms with van der Waals surface area (Å²) in [6, 6.07) is 5.32. The summed E-state index contributed by atoms with van der Waals surface area (Å²) >= 11 is 4.25. The van der Waals surface area contributed by atoms with Crippen LogP contribution in [0.25, 0.3) is 0 Å². The van der Waals surface area contributed by atoms with Crippen molar-refractivity contribution in [1.82, 2.24) is 0 Å². The first kappa shape index (κ1) is 12.1. The van der Waals surface area contributed by atoms with Crippen molar-refractivity contribution in [2.24, 2.45) is 0 Å². The van der Waals surface area contributed by atoms with Gasteiger partial charge in [-0.3, -0.25) is 0 Å². The second-order valence-electron chi connectivity index (χ2n) is 4.50. The molecule has 0 fully saturated rings. The highest BCUT2D eigenvalue weighted by atomic mass is 32.1. The molecule has 0 heterocycles. The Hall–Kier alpha value is -0.960. The highest BCUT2D eigenvalue weighted by Gasteiger charge is 2.17. The molecule has 0 spiro atoms. The Labute approximate surface area is 96.1 Å². The molecule has 0 aromatic heterocycles. The second kappa shape index (κ2) is 4.27. The van der Waals surface area contributed by atoms with Gasteiger partial charge in [-0.2, -0.15) is 0 Å². The molecule has 15 heavy (non-hydrogen) atoms. The van der Waals surface area contributed by atoms with Crippen LogP contribution in [0.3, 0.4) is 0 Å². The molecule has 0 aliphatic rings. The Bertz CT molecular complexity index is 378. The molecule has 0 saturated carbocycles. The van der Waals surface area contributed by atoms with Crippen molar-refractivity contribution in [2.75, 3.05) is 0 Å². The Balaban J connectivity index is 2.88. The van der Waals surface area contributed by atoms with E-state index in [-0.39, 0.29) is 5.97 Å². The number of carbonyl (C=O) groups excluding carboxylic acids is 1. The van der Waals surface area contributed by atoms with Gasteiger partial charge < -0.3 is 4.74 Å². The van der Waals surface area contributed by atoms with Crippen LogP contribution in [0.15, 0.2) is 23.1 Å². The molecule has 2 nitrogen and oxygen atoms in total. The van der Waals surface area contributed by atoms with Crippen molar-refractivity contribution in [3.05, 3.63) is 29.3 Å². The summed E-state index contributed by atoms with van der Waals surface area (Å²) in [5.41, 5.74) is 1.09. The van der Waals surface area contributed by atoms with Crippen molar-refractivity contribution in [1.29, 1.82) is 0 Å². The minimum absolute atomic E-state index is 0.293. The van der Waals surface area contributed by atoms with Gasteiger partial charge >= 0.3 is 5.97 Å². The molecule has 1 aromatic rings. The van der Waals surface area contributed by atoms with Crippen molar-refractivity contribution in [3.63, 3.8) is 0 Å². The Kier molecular flexibility index (Phi) is 3.45. The number of rotatable bonds is 1. The van der Waals surface area contributed by atoms with E-state index in [1.54, 1.807) is 18.2 Å². The maximum atomic E-state index is 11.7. The van der Waals surface area contributed by atoms with Gasteiger partial charge in [-0.25, -0.2) is 4.79 Å². The van der Waals surface area contributed by atoms with E-state index in [9.17, 15) is 4.79 Å². The summed E-state index contributed by atoms with van der Waals surface area (Å²) in [5.74, 6) is -0.293. The van der Waals surface area contributed by atoms with E-state index >= 15 is 0 Å². The highest BCUT2D eigenvalue weighted by molar-refractivity contribution is 7.80. The van der Waals surface area contributed by atoms with Crippen LogP contribution in [0.2, 0.25) is 0 Å². The largest absolute Gasteiger partial charge is 0.456 e. The smallest absolute Gasteiger partial charge is 0.338 e. The standard InChI is InChI=1S/C12H16O2S/c1-8-7-9(5-6-10(8)15)11(13)14-12(2,3)4/h5-7,15H,1-4H3. The first-order chi connectivity index (χ1) is 6.79. The fourth-order valence-electron chi connectivity index (χ4n) is 1.12. The molecule has 0 bridgehead atoms. The minimum Gasteiger partial charge on any atom is -0.456 e. The molecule has 1 aromatic carbocycles. The molecule has 0 aliphatic heterocycles. The van der Waals surface area contributed by atoms with Crippen LogP contribution in [0, 0.1) is 6.92 Å². The van der Waals surface area contributed by atoms with Gasteiger partial charge in [0.05, 0.1) is 5.56 Å². The average Bonchev–Trinajstić information content (AvgIpc) is 2.06. The van der Waals surface area contributed by atoms with E-state index in [2.05, 4.69) is 12.6 Å². The lowest BCUT2D eigenvalue weighted by molar-refractivity contribution is 0.00694. The van der Waals surface area contributed by atoms with Gasteiger partial charge in [0.2, 0.25) is 0 Å². The van der Waals surface area contributed by atoms with Gasteiger partial charge in [0, 0.05) is 4.90 Å². The molecule has 0 atom stereocenters. The van der Waals surface area contributed by atoms with Gasteiger partial charge in [0.1, 0.15) is 5.60 Å². The van der Waals surface area contributed by atoms with Gasteiger partial charge in [0.15, 0.2) is 0 Å². The molecule has 0 N–H and O–H groups in total. The van der Waals surface area contributed by atoms with E-state index < -0.39 is 5.60 Å². The van der Waals surface area contributed by atoms with E-state index in [0.717, 1.165) is 10.5 Å². The average molecular weight is 224 g/mol. The van der Waals surface area contributed by atoms with E-state index in [4.69, 9.17) is 4.74 Å². The maximum Gasteiger partial charge on any atom is 0.338 e. The lowest BCUT2D eigenvalue weighted by atomic mass is 10.1. The Morgan fingerprint density at radius 3 is 2.40 bits per heavy atom. The number of hydrogen-bond donors (Lipinski definition) is 1. The zero-order valence-electron chi connectivity index (χ0n) is 9.50. The second-order valence-corrected chi connectivity index (χ2v) is 4.98. The van der Waals surface area contributed by atoms with Crippen molar-refractivity contribution in [2.45, 2.75) is 38.2 Å². The summed E-state index contributed by atoms with van der Waals surface area (Å²) in [4.78, 5) is 12.6. The fraction of sp³-hybridized carbons (Fsp3) is 0.417. The molecule has 3 heteroatoms. The van der Waals surface area contributed by atoms with Crippen molar-refractivity contribution < 1.29 is 9.53 Å². The van der Waals surface area contributed by atoms with Crippen LogP contribution in [-0.2, 0) is 4.74 Å². The third kappa shape index (κ3) is 3.59. The first-order valence-corrected chi connectivity index (χ1v) is 5.27. The lowest BCUT2D eigenvalue weighted by Crippen LogP contribution is -2.23. The molecule has 0 unspecified atom stereocenters. The Morgan fingerprint density at radius 2 is 1.93 bits per heavy atom. The predicted molar refractivity (Wildman–Crippen MR) is 63.6 cm³/mol. The van der Waals surface area contributed by atoms with E-state index in [1.165, 1.54) is 0 Å². The number of thiol groups is 1. The van der Waals surface area contributed by atoms with E-state index in [0.29, 0.717) is 5.56 Å². The van der Waals surface area contributed by atoms with Crippen molar-refractivity contribution >= 4 is 18.6 Å². The maximum absolute atomic E-state index is 11.7. The zero-order valence-corrected chi connectivity index (χ0v) is 10.4. The number of benzene rings is 1. The van der Waals surface area contributed by atoms with Gasteiger partial charge in [-0.15, -0.1) is 12.6 Å². The lowest BCUT2D eigenvalue weighted by Gasteiger charge is -2.19. The first-order valence-electron chi connectivity index (χ1n) is 4.82. The van der Waals surface area contributed by atoms with Gasteiger partial charge in [-0.05, 0) is 51.5 Å². The normalized spacial score (nSPS) is 11.3. The molecule has 0 radical (unpaired) electrons. The van der Waals surface area contributed by atoms with Crippen LogP contribution < -0.4 is 0 Å². The SMILES string of the molecule is Cc1cc(C(=O)OC(C)(C)C)ccc1S. The third-order valence-electron chi connectivity index (χ3n) is 1.83. The summed E-state index contributed by atoms with van der Waals surface area (Å²) in [6.07, 6.45) is 0. The predicted octanol–water partition coefficient (Wildman–Crippen LogP) is 3.24. The van der Waals surface area contributed by atoms with Crippen molar-refractivity contribution in [3.8, 4) is 0 Å². The summed E-state index contributed by atoms with van der Waals surface area (Å²) in [7, 11) is 0. The number of aryl methyl sites for hydroxylation is 1. The molecule has 0 aliphatic carbocycles.